The van der Waals surface area contributed by atoms with Crippen molar-refractivity contribution in [2.75, 3.05) is 57.3 Å². The molecule has 2 fully saturated rings. The van der Waals surface area contributed by atoms with E-state index in [0.29, 0.717) is 36.7 Å². The third-order valence-electron chi connectivity index (χ3n) is 6.47. The molecule has 4 rings (SSSR count). The molecule has 9 nitrogen and oxygen atoms in total. The van der Waals surface area contributed by atoms with E-state index in [4.69, 9.17) is 9.47 Å². The van der Waals surface area contributed by atoms with E-state index >= 15 is 0 Å². The lowest BCUT2D eigenvalue weighted by Gasteiger charge is -2.39. The van der Waals surface area contributed by atoms with E-state index in [1.807, 2.05) is 32.9 Å². The minimum atomic E-state index is -0.469. The zero-order valence-electron chi connectivity index (χ0n) is 21.2. The fourth-order valence-corrected chi connectivity index (χ4v) is 4.83. The maximum Gasteiger partial charge on any atom is 0.410 e. The molecule has 1 aromatic carbocycles. The van der Waals surface area contributed by atoms with Crippen LogP contribution in [0.4, 0.5) is 10.5 Å². The Hall–Kier alpha value is -2.96. The predicted octanol–water partition coefficient (Wildman–Crippen LogP) is 3.29. The number of benzene rings is 1. The average molecular weight is 481 g/mol. The number of carbonyl (C=O) groups is 1. The molecule has 2 aromatic rings. The quantitative estimate of drug-likeness (QED) is 0.644. The van der Waals surface area contributed by atoms with E-state index in [9.17, 15) is 10.1 Å². The molecule has 1 aromatic heterocycles. The van der Waals surface area contributed by atoms with Crippen LogP contribution in [0.25, 0.3) is 11.0 Å². The molecule has 0 bridgehead atoms. The van der Waals surface area contributed by atoms with Crippen LogP contribution in [0.3, 0.4) is 0 Å². The first kappa shape index (κ1) is 25.1. The average Bonchev–Trinajstić information content (AvgIpc) is 2.82. The number of fused-ring (bicyclic) bond motifs is 1. The molecular weight excluding hydrogens is 444 g/mol. The van der Waals surface area contributed by atoms with Gasteiger partial charge in [0.15, 0.2) is 0 Å². The topological polar surface area (TPSA) is 94.8 Å². The Kier molecular flexibility index (Phi) is 7.72. The number of hydrogen-bond donors (Lipinski definition) is 0. The number of piperazine rings is 1. The molecule has 0 aliphatic carbocycles. The largest absolute Gasteiger partial charge is 0.444 e. The van der Waals surface area contributed by atoms with Gasteiger partial charge in [0, 0.05) is 58.2 Å². The second kappa shape index (κ2) is 10.8. The Morgan fingerprint density at radius 2 is 1.83 bits per heavy atom. The van der Waals surface area contributed by atoms with Crippen LogP contribution in [0.2, 0.25) is 0 Å². The molecule has 188 valence electrons. The molecule has 3 heterocycles. The molecule has 35 heavy (non-hydrogen) atoms. The normalized spacial score (nSPS) is 21.7. The fraction of sp³-hybridized carbons (Fsp3) is 0.615. The highest BCUT2D eigenvalue weighted by Crippen LogP contribution is 2.30. The van der Waals surface area contributed by atoms with Crippen LogP contribution in [-0.4, -0.2) is 90.0 Å². The fourth-order valence-electron chi connectivity index (χ4n) is 4.83. The molecule has 2 aliphatic rings. The minimum absolute atomic E-state index is 0.129. The number of ether oxygens (including phenoxy) is 2. The maximum absolute atomic E-state index is 12.3. The van der Waals surface area contributed by atoms with Crippen molar-refractivity contribution in [2.24, 2.45) is 5.92 Å². The molecule has 0 N–H and O–H groups in total. The molecule has 2 saturated heterocycles. The van der Waals surface area contributed by atoms with Crippen molar-refractivity contribution in [1.82, 2.24) is 19.8 Å². The Morgan fingerprint density at radius 3 is 2.51 bits per heavy atom. The minimum Gasteiger partial charge on any atom is -0.444 e. The third kappa shape index (κ3) is 6.38. The van der Waals surface area contributed by atoms with Crippen LogP contribution in [0, 0.1) is 17.2 Å². The number of rotatable bonds is 5. The van der Waals surface area contributed by atoms with E-state index in [0.717, 1.165) is 50.3 Å². The number of nitrogens with zero attached hydrogens (tertiary/aromatic N) is 6. The first-order valence-corrected chi connectivity index (χ1v) is 12.4. The number of hydrogen-bond acceptors (Lipinski definition) is 8. The predicted molar refractivity (Wildman–Crippen MR) is 134 cm³/mol. The van der Waals surface area contributed by atoms with Gasteiger partial charge in [-0.3, -0.25) is 14.9 Å². The van der Waals surface area contributed by atoms with E-state index in [-0.39, 0.29) is 12.2 Å². The van der Waals surface area contributed by atoms with Gasteiger partial charge in [-0.15, -0.1) is 0 Å². The molecule has 9 heteroatoms. The molecule has 1 amide bonds. The van der Waals surface area contributed by atoms with Crippen molar-refractivity contribution in [3.8, 4) is 6.07 Å². The van der Waals surface area contributed by atoms with Crippen molar-refractivity contribution >= 4 is 22.8 Å². The van der Waals surface area contributed by atoms with Gasteiger partial charge in [0.05, 0.1) is 24.0 Å². The lowest BCUT2D eigenvalue weighted by atomic mass is 9.96. The summed E-state index contributed by atoms with van der Waals surface area (Å²) in [5, 5.41) is 9.43. The van der Waals surface area contributed by atoms with Gasteiger partial charge in [-0.2, -0.15) is 5.26 Å². The van der Waals surface area contributed by atoms with E-state index in [1.54, 1.807) is 17.3 Å². The van der Waals surface area contributed by atoms with Gasteiger partial charge in [-0.25, -0.2) is 4.79 Å². The van der Waals surface area contributed by atoms with Crippen molar-refractivity contribution in [1.29, 1.82) is 5.26 Å². The van der Waals surface area contributed by atoms with Gasteiger partial charge in [-0.1, -0.05) is 6.92 Å². The van der Waals surface area contributed by atoms with Gasteiger partial charge in [0.1, 0.15) is 22.7 Å². The highest BCUT2D eigenvalue weighted by atomic mass is 16.6. The number of amides is 1. The Bertz CT molecular complexity index is 1070. The summed E-state index contributed by atoms with van der Waals surface area (Å²) in [5.41, 5.74) is 2.49. The molecule has 0 unspecified atom stereocenters. The highest BCUT2D eigenvalue weighted by Gasteiger charge is 2.28. The zero-order chi connectivity index (χ0) is 25.0. The van der Waals surface area contributed by atoms with Gasteiger partial charge in [-0.05, 0) is 45.2 Å². The molecule has 0 radical (unpaired) electrons. The summed E-state index contributed by atoms with van der Waals surface area (Å²) >= 11 is 0. The van der Waals surface area contributed by atoms with E-state index in [2.05, 4.69) is 32.8 Å². The molecule has 2 aliphatic heterocycles. The van der Waals surface area contributed by atoms with Crippen LogP contribution in [0.15, 0.2) is 24.5 Å². The summed E-state index contributed by atoms with van der Waals surface area (Å²) < 4.78 is 11.8. The van der Waals surface area contributed by atoms with Crippen LogP contribution in [0.1, 0.15) is 39.7 Å². The SMILES string of the molecule is C[C@H]1C[C@@H](OCCN2CCN(C(=O)OC(C)(C)C)CC2)CN(c2ccc(C#N)c3nccnc23)C1. The van der Waals surface area contributed by atoms with Gasteiger partial charge in [0.2, 0.25) is 0 Å². The number of piperidine rings is 1. The smallest absolute Gasteiger partial charge is 0.410 e. The lowest BCUT2D eigenvalue weighted by molar-refractivity contribution is 0.000875. The van der Waals surface area contributed by atoms with Crippen LogP contribution in [0.5, 0.6) is 0 Å². The third-order valence-corrected chi connectivity index (χ3v) is 6.47. The summed E-state index contributed by atoms with van der Waals surface area (Å²) in [4.78, 5) is 27.6. The van der Waals surface area contributed by atoms with Gasteiger partial charge < -0.3 is 19.3 Å². The Morgan fingerprint density at radius 1 is 1.11 bits per heavy atom. The number of aromatic nitrogens is 2. The lowest BCUT2D eigenvalue weighted by Crippen LogP contribution is -2.51. The summed E-state index contributed by atoms with van der Waals surface area (Å²) in [7, 11) is 0. The molecular formula is C26H36N6O3. The first-order valence-electron chi connectivity index (χ1n) is 12.4. The van der Waals surface area contributed by atoms with Crippen molar-refractivity contribution in [3.05, 3.63) is 30.1 Å². The standard InChI is InChI=1S/C26H36N6O3/c1-19-15-21(34-14-13-30-9-11-31(12-10-30)25(33)35-26(2,3)4)18-32(17-19)22-6-5-20(16-27)23-24(22)29-8-7-28-23/h5-8,19,21H,9-15,17-18H2,1-4H3/t19-,21+/m0/s1. The van der Waals surface area contributed by atoms with Gasteiger partial charge in [0.25, 0.3) is 0 Å². The monoisotopic (exact) mass is 480 g/mol. The summed E-state index contributed by atoms with van der Waals surface area (Å²) in [6.07, 6.45) is 4.22. The number of anilines is 1. The number of nitriles is 1. The maximum atomic E-state index is 12.3. The summed E-state index contributed by atoms with van der Waals surface area (Å²) in [6, 6.07) is 6.03. The van der Waals surface area contributed by atoms with Crippen LogP contribution < -0.4 is 4.90 Å². The first-order chi connectivity index (χ1) is 16.7. The second-order valence-corrected chi connectivity index (χ2v) is 10.5. The molecule has 0 saturated carbocycles. The van der Waals surface area contributed by atoms with Crippen LogP contribution >= 0.6 is 0 Å². The summed E-state index contributed by atoms with van der Waals surface area (Å²) in [6.45, 7) is 14.1. The van der Waals surface area contributed by atoms with E-state index < -0.39 is 5.60 Å². The highest BCUT2D eigenvalue weighted by molar-refractivity contribution is 5.92. The summed E-state index contributed by atoms with van der Waals surface area (Å²) in [5.74, 6) is 0.480. The van der Waals surface area contributed by atoms with E-state index in [1.165, 1.54) is 0 Å². The second-order valence-electron chi connectivity index (χ2n) is 10.5. The zero-order valence-corrected chi connectivity index (χ0v) is 21.2. The van der Waals surface area contributed by atoms with Gasteiger partial charge >= 0.3 is 6.09 Å². The van der Waals surface area contributed by atoms with Crippen molar-refractivity contribution in [2.45, 2.75) is 45.8 Å². The van der Waals surface area contributed by atoms with Crippen molar-refractivity contribution < 1.29 is 14.3 Å². The van der Waals surface area contributed by atoms with Crippen LogP contribution in [-0.2, 0) is 9.47 Å². The number of carbonyl (C=O) groups excluding carboxylic acids is 1. The Labute approximate surface area is 207 Å². The Balaban J connectivity index is 1.29. The molecule has 0 spiro atoms. The molecule has 2 atom stereocenters. The van der Waals surface area contributed by atoms with Crippen molar-refractivity contribution in [3.63, 3.8) is 0 Å².